The van der Waals surface area contributed by atoms with Crippen LogP contribution < -0.4 is 0 Å². The molecule has 0 heterocycles. The molecular formula is C5H17BS. The van der Waals surface area contributed by atoms with Crippen LogP contribution in [0.3, 0.4) is 0 Å². The van der Waals surface area contributed by atoms with E-state index in [2.05, 4.69) is 31.8 Å². The van der Waals surface area contributed by atoms with E-state index in [1.807, 2.05) is 0 Å². The predicted octanol–water partition coefficient (Wildman–Crippen LogP) is 0.978. The van der Waals surface area contributed by atoms with Crippen LogP contribution >= 0.6 is 9.01 Å². The van der Waals surface area contributed by atoms with E-state index >= 15 is 0 Å². The molecule has 0 unspecified atom stereocenters. The lowest BCUT2D eigenvalue weighted by Gasteiger charge is -2.44. The molecule has 0 atom stereocenters. The quantitative estimate of drug-likeness (QED) is 0.387. The third-order valence-electron chi connectivity index (χ3n) is 1.26. The Bertz CT molecular complexity index is 60.6. The van der Waals surface area contributed by atoms with Gasteiger partial charge in [0.05, 0.1) is 0 Å². The minimum Gasteiger partial charge on any atom is -0.313 e. The van der Waals surface area contributed by atoms with E-state index in [1.165, 1.54) is 6.56 Å². The van der Waals surface area contributed by atoms with Gasteiger partial charge in [0, 0.05) is 0 Å². The van der Waals surface area contributed by atoms with E-state index in [9.17, 15) is 0 Å². The molecule has 0 radical (unpaired) electrons. The Labute approximate surface area is 48.1 Å². The molecule has 0 saturated carbocycles. The van der Waals surface area contributed by atoms with E-state index in [4.69, 9.17) is 0 Å². The van der Waals surface area contributed by atoms with Crippen LogP contribution in [0, 0.1) is 0 Å². The maximum atomic E-state index is 2.39. The molecule has 0 aliphatic heterocycles. The minimum absolute atomic E-state index is 1.08. The first-order valence-electron chi connectivity index (χ1n) is 2.81. The van der Waals surface area contributed by atoms with Gasteiger partial charge in [-0.2, -0.15) is 0 Å². The molecule has 46 valence electrons. The number of rotatable bonds is 1. The van der Waals surface area contributed by atoms with E-state index in [0.717, 1.165) is 0 Å². The van der Waals surface area contributed by atoms with Gasteiger partial charge < -0.3 is 9.01 Å². The van der Waals surface area contributed by atoms with Crippen molar-refractivity contribution in [2.45, 2.75) is 6.82 Å². The molecule has 0 N–H and O–H groups in total. The lowest BCUT2D eigenvalue weighted by atomic mass is 10.2. The number of hydrogen-bond acceptors (Lipinski definition) is 0. The lowest BCUT2D eigenvalue weighted by molar-refractivity contribution is 1.98. The van der Waals surface area contributed by atoms with Gasteiger partial charge in [0.1, 0.15) is 0 Å². The van der Waals surface area contributed by atoms with Crippen molar-refractivity contribution in [2.75, 3.05) is 25.0 Å². The molecule has 7 heavy (non-hydrogen) atoms. The van der Waals surface area contributed by atoms with Crippen LogP contribution in [0.5, 0.6) is 0 Å². The van der Waals surface area contributed by atoms with Gasteiger partial charge >= 0.3 is 0 Å². The topological polar surface area (TPSA) is 0 Å². The summed E-state index contributed by atoms with van der Waals surface area (Å²) in [6, 6.07) is 0. The minimum atomic E-state index is -1.08. The van der Waals surface area contributed by atoms with Crippen molar-refractivity contribution in [1.29, 1.82) is 0 Å². The van der Waals surface area contributed by atoms with Crippen LogP contribution in [0.4, 0.5) is 0 Å². The largest absolute Gasteiger partial charge is 0.313 e. The van der Waals surface area contributed by atoms with Gasteiger partial charge in [0.25, 0.3) is 0 Å². The summed E-state index contributed by atoms with van der Waals surface area (Å²) in [4.78, 5) is 0. The molecule has 0 fully saturated rings. The zero-order chi connectivity index (χ0) is 6.15. The van der Waals surface area contributed by atoms with Crippen LogP contribution in [0.2, 0.25) is 6.82 Å². The first-order valence-corrected chi connectivity index (χ1v) is 7.02. The molecule has 0 spiro atoms. The summed E-state index contributed by atoms with van der Waals surface area (Å²) in [5.74, 6) is 0. The fourth-order valence-corrected chi connectivity index (χ4v) is 0. The summed E-state index contributed by atoms with van der Waals surface area (Å²) < 4.78 is 0. The molecule has 0 nitrogen and oxygen atoms in total. The van der Waals surface area contributed by atoms with Crippen LogP contribution in [-0.4, -0.2) is 31.6 Å². The van der Waals surface area contributed by atoms with Gasteiger partial charge in [0.15, 0.2) is 6.56 Å². The zero-order valence-corrected chi connectivity index (χ0v) is 7.05. The SMILES string of the molecule is CB[SH](C)(C)(C)C. The molecule has 0 aromatic carbocycles. The maximum Gasteiger partial charge on any atom is 0.154 e. The Hall–Kier alpha value is 0.415. The second-order valence-corrected chi connectivity index (χ2v) is 12.8. The van der Waals surface area contributed by atoms with Crippen molar-refractivity contribution < 1.29 is 0 Å². The first kappa shape index (κ1) is 7.41. The number of thiol groups is 1. The van der Waals surface area contributed by atoms with Crippen molar-refractivity contribution in [2.24, 2.45) is 0 Å². The first-order chi connectivity index (χ1) is 2.81. The standard InChI is InChI=1S/C5H17BS/c1-6-7(2,3,4)5/h6-7H,1-5H3. The van der Waals surface area contributed by atoms with Crippen LogP contribution in [0.15, 0.2) is 0 Å². The van der Waals surface area contributed by atoms with E-state index in [1.54, 1.807) is 0 Å². The smallest absolute Gasteiger partial charge is 0.154 e. The molecule has 0 aromatic rings. The number of hydrogen-bond donors (Lipinski definition) is 1. The van der Waals surface area contributed by atoms with Gasteiger partial charge in [-0.3, -0.25) is 0 Å². The molecule has 0 saturated heterocycles. The third kappa shape index (κ3) is 6.41. The lowest BCUT2D eigenvalue weighted by Crippen LogP contribution is -2.15. The molecule has 0 bridgehead atoms. The highest BCUT2D eigenvalue weighted by Gasteiger charge is 2.15. The zero-order valence-electron chi connectivity index (χ0n) is 6.15. The van der Waals surface area contributed by atoms with Crippen molar-refractivity contribution in [3.8, 4) is 0 Å². The maximum absolute atomic E-state index is 2.39. The summed E-state index contributed by atoms with van der Waals surface area (Å²) in [5.41, 5.74) is 0. The summed E-state index contributed by atoms with van der Waals surface area (Å²) in [7, 11) is -1.08. The summed E-state index contributed by atoms with van der Waals surface area (Å²) in [5, 5.41) is 0. The average Bonchev–Trinajstić information content (AvgIpc) is 1.32. The van der Waals surface area contributed by atoms with Crippen molar-refractivity contribution in [3.63, 3.8) is 0 Å². The fraction of sp³-hybridized carbons (Fsp3) is 1.00. The van der Waals surface area contributed by atoms with Gasteiger partial charge in [-0.05, 0) is 0 Å². The molecular weight excluding hydrogens is 103 g/mol. The van der Waals surface area contributed by atoms with Gasteiger partial charge in [-0.15, -0.1) is 0 Å². The van der Waals surface area contributed by atoms with E-state index in [0.29, 0.717) is 0 Å². The Morgan fingerprint density at radius 1 is 1.00 bits per heavy atom. The molecule has 0 aliphatic carbocycles. The molecule has 2 heteroatoms. The molecule has 0 aromatic heterocycles. The summed E-state index contributed by atoms with van der Waals surface area (Å²) in [6.07, 6.45) is 9.58. The predicted molar refractivity (Wildman–Crippen MR) is 45.7 cm³/mol. The highest BCUT2D eigenvalue weighted by atomic mass is 32.3. The van der Waals surface area contributed by atoms with Gasteiger partial charge in [0.2, 0.25) is 0 Å². The van der Waals surface area contributed by atoms with Crippen LogP contribution in [-0.2, 0) is 0 Å². The van der Waals surface area contributed by atoms with Gasteiger partial charge in [-0.25, -0.2) is 0 Å². The van der Waals surface area contributed by atoms with Crippen LogP contribution in [0.25, 0.3) is 0 Å². The van der Waals surface area contributed by atoms with E-state index in [-0.39, 0.29) is 0 Å². The third-order valence-corrected chi connectivity index (χ3v) is 3.79. The molecule has 0 aliphatic rings. The van der Waals surface area contributed by atoms with Crippen molar-refractivity contribution in [1.82, 2.24) is 0 Å². The Balaban J connectivity index is 3.83. The normalized spacial score (nSPS) is 17.6. The fourth-order valence-electron chi connectivity index (χ4n) is 0. The van der Waals surface area contributed by atoms with Crippen LogP contribution in [0.1, 0.15) is 0 Å². The average molecular weight is 120 g/mol. The summed E-state index contributed by atoms with van der Waals surface area (Å²) in [6.45, 7) is 3.64. The Kier molecular flexibility index (Phi) is 1.53. The summed E-state index contributed by atoms with van der Waals surface area (Å²) >= 11 is 0. The van der Waals surface area contributed by atoms with Crippen molar-refractivity contribution >= 4 is 15.6 Å². The van der Waals surface area contributed by atoms with E-state index < -0.39 is 9.01 Å². The monoisotopic (exact) mass is 120 g/mol. The second kappa shape index (κ2) is 1.44. The van der Waals surface area contributed by atoms with Crippen molar-refractivity contribution in [3.05, 3.63) is 0 Å². The Morgan fingerprint density at radius 2 is 1.14 bits per heavy atom. The molecule has 0 rings (SSSR count). The second-order valence-electron chi connectivity index (χ2n) is 4.26. The van der Waals surface area contributed by atoms with Gasteiger partial charge in [-0.1, -0.05) is 31.8 Å². The highest BCUT2D eigenvalue weighted by Crippen LogP contribution is 2.52. The Morgan fingerprint density at radius 3 is 1.14 bits per heavy atom. The highest BCUT2D eigenvalue weighted by molar-refractivity contribution is 8.64. The molecule has 0 amide bonds.